The normalized spacial score (nSPS) is 10.4. The van der Waals surface area contributed by atoms with Gasteiger partial charge in [-0.2, -0.15) is 8.78 Å². The van der Waals surface area contributed by atoms with Gasteiger partial charge in [-0.1, -0.05) is 11.6 Å². The summed E-state index contributed by atoms with van der Waals surface area (Å²) < 4.78 is 33.4. The number of amides is 1. The Bertz CT molecular complexity index is 750. The molecule has 1 N–H and O–H groups in total. The smallest absolute Gasteiger partial charge is 0.387 e. The van der Waals surface area contributed by atoms with E-state index >= 15 is 0 Å². The van der Waals surface area contributed by atoms with E-state index in [9.17, 15) is 18.4 Å². The maximum absolute atomic E-state index is 12.2. The van der Waals surface area contributed by atoms with Gasteiger partial charge in [0.15, 0.2) is 0 Å². The second-order valence-corrected chi connectivity index (χ2v) is 5.00. The Morgan fingerprint density at radius 2 is 1.79 bits per heavy atom. The molecule has 2 rings (SSSR count). The molecule has 2 aromatic rings. The Morgan fingerprint density at radius 3 is 2.33 bits per heavy atom. The maximum atomic E-state index is 12.2. The standard InChI is InChI=1S/C16H12ClF2NO4/c1-9(21)23-12-5-2-10(3-6-12)15(22)20-11-4-7-14(13(17)8-11)24-16(18)19/h2-8,16H,1H3,(H,20,22). The summed E-state index contributed by atoms with van der Waals surface area (Å²) in [5.74, 6) is -0.776. The molecular formula is C16H12ClF2NO4. The number of alkyl halides is 2. The molecule has 0 fully saturated rings. The highest BCUT2D eigenvalue weighted by molar-refractivity contribution is 6.32. The summed E-state index contributed by atoms with van der Waals surface area (Å²) in [6, 6.07) is 9.81. The molecule has 24 heavy (non-hydrogen) atoms. The first kappa shape index (κ1) is 17.7. The average Bonchev–Trinajstić information content (AvgIpc) is 2.49. The van der Waals surface area contributed by atoms with Crippen LogP contribution in [-0.2, 0) is 4.79 Å². The molecule has 126 valence electrons. The first-order valence-corrected chi connectivity index (χ1v) is 7.07. The minimum Gasteiger partial charge on any atom is -0.433 e. The number of hydrogen-bond donors (Lipinski definition) is 1. The van der Waals surface area contributed by atoms with E-state index in [1.54, 1.807) is 0 Å². The first-order chi connectivity index (χ1) is 11.3. The number of hydrogen-bond acceptors (Lipinski definition) is 4. The van der Waals surface area contributed by atoms with Crippen LogP contribution >= 0.6 is 11.6 Å². The summed E-state index contributed by atoms with van der Waals surface area (Å²) in [4.78, 5) is 22.9. The van der Waals surface area contributed by atoms with E-state index in [1.165, 1.54) is 49.4 Å². The fourth-order valence-electron chi connectivity index (χ4n) is 1.81. The molecule has 0 unspecified atom stereocenters. The molecule has 0 aliphatic heterocycles. The van der Waals surface area contributed by atoms with Crippen LogP contribution in [0.25, 0.3) is 0 Å². The first-order valence-electron chi connectivity index (χ1n) is 6.69. The molecule has 0 spiro atoms. The van der Waals surface area contributed by atoms with Crippen molar-refractivity contribution in [2.24, 2.45) is 0 Å². The molecule has 0 aliphatic carbocycles. The SMILES string of the molecule is CC(=O)Oc1ccc(C(=O)Nc2ccc(OC(F)F)c(Cl)c2)cc1. The third kappa shape index (κ3) is 4.92. The lowest BCUT2D eigenvalue weighted by molar-refractivity contribution is -0.131. The third-order valence-corrected chi connectivity index (χ3v) is 3.08. The van der Waals surface area contributed by atoms with E-state index in [2.05, 4.69) is 10.1 Å². The maximum Gasteiger partial charge on any atom is 0.387 e. The van der Waals surface area contributed by atoms with Crippen LogP contribution in [0, 0.1) is 0 Å². The van der Waals surface area contributed by atoms with Crippen LogP contribution < -0.4 is 14.8 Å². The van der Waals surface area contributed by atoms with Crippen LogP contribution in [-0.4, -0.2) is 18.5 Å². The van der Waals surface area contributed by atoms with Gasteiger partial charge in [-0.05, 0) is 42.5 Å². The average molecular weight is 356 g/mol. The van der Waals surface area contributed by atoms with Gasteiger partial charge in [-0.3, -0.25) is 9.59 Å². The number of rotatable bonds is 5. The van der Waals surface area contributed by atoms with E-state index in [-0.39, 0.29) is 10.8 Å². The van der Waals surface area contributed by atoms with Gasteiger partial charge in [-0.15, -0.1) is 0 Å². The lowest BCUT2D eigenvalue weighted by atomic mass is 10.2. The van der Waals surface area contributed by atoms with Crippen molar-refractivity contribution in [3.63, 3.8) is 0 Å². The zero-order chi connectivity index (χ0) is 17.7. The highest BCUT2D eigenvalue weighted by atomic mass is 35.5. The molecule has 8 heteroatoms. The van der Waals surface area contributed by atoms with Gasteiger partial charge in [0.1, 0.15) is 11.5 Å². The Morgan fingerprint density at radius 1 is 1.12 bits per heavy atom. The van der Waals surface area contributed by atoms with Crippen molar-refractivity contribution in [3.8, 4) is 11.5 Å². The quantitative estimate of drug-likeness (QED) is 0.647. The molecule has 1 amide bonds. The zero-order valence-electron chi connectivity index (χ0n) is 12.4. The van der Waals surface area contributed by atoms with Gasteiger partial charge in [0, 0.05) is 18.2 Å². The van der Waals surface area contributed by atoms with Gasteiger partial charge in [0.25, 0.3) is 5.91 Å². The Kier molecular flexibility index (Phi) is 5.70. The van der Waals surface area contributed by atoms with E-state index in [4.69, 9.17) is 16.3 Å². The van der Waals surface area contributed by atoms with Crippen molar-refractivity contribution in [3.05, 3.63) is 53.1 Å². The molecule has 0 aliphatic rings. The molecular weight excluding hydrogens is 344 g/mol. The topological polar surface area (TPSA) is 64.6 Å². The van der Waals surface area contributed by atoms with Crippen LogP contribution in [0.1, 0.15) is 17.3 Å². The second kappa shape index (κ2) is 7.74. The van der Waals surface area contributed by atoms with E-state index in [0.717, 1.165) is 0 Å². The van der Waals surface area contributed by atoms with Crippen molar-refractivity contribution in [1.82, 2.24) is 0 Å². The Labute approximate surface area is 141 Å². The third-order valence-electron chi connectivity index (χ3n) is 2.78. The van der Waals surface area contributed by atoms with Crippen molar-refractivity contribution < 1.29 is 27.8 Å². The lowest BCUT2D eigenvalue weighted by Gasteiger charge is -2.10. The monoisotopic (exact) mass is 355 g/mol. The molecule has 2 aromatic carbocycles. The van der Waals surface area contributed by atoms with Crippen LogP contribution in [0.4, 0.5) is 14.5 Å². The molecule has 0 saturated carbocycles. The molecule has 0 heterocycles. The van der Waals surface area contributed by atoms with Gasteiger partial charge >= 0.3 is 12.6 Å². The van der Waals surface area contributed by atoms with Crippen molar-refractivity contribution in [2.45, 2.75) is 13.5 Å². The molecule has 0 atom stereocenters. The minimum atomic E-state index is -2.99. The van der Waals surface area contributed by atoms with Crippen LogP contribution in [0.5, 0.6) is 11.5 Å². The fraction of sp³-hybridized carbons (Fsp3) is 0.125. The summed E-state index contributed by atoms with van der Waals surface area (Å²) in [5.41, 5.74) is 0.630. The summed E-state index contributed by atoms with van der Waals surface area (Å²) in [6.07, 6.45) is 0. The number of nitrogens with one attached hydrogen (secondary N) is 1. The molecule has 0 bridgehead atoms. The zero-order valence-corrected chi connectivity index (χ0v) is 13.1. The summed E-state index contributed by atoms with van der Waals surface area (Å²) in [5, 5.41) is 2.51. The van der Waals surface area contributed by atoms with Gasteiger partial charge in [0.2, 0.25) is 0 Å². The van der Waals surface area contributed by atoms with Crippen molar-refractivity contribution in [1.29, 1.82) is 0 Å². The number of halogens is 3. The Balaban J connectivity index is 2.06. The highest BCUT2D eigenvalue weighted by Crippen LogP contribution is 2.29. The van der Waals surface area contributed by atoms with Crippen LogP contribution in [0.2, 0.25) is 5.02 Å². The van der Waals surface area contributed by atoms with E-state index < -0.39 is 18.5 Å². The predicted molar refractivity (Wildman–Crippen MR) is 83.8 cm³/mol. The predicted octanol–water partition coefficient (Wildman–Crippen LogP) is 4.12. The second-order valence-electron chi connectivity index (χ2n) is 4.60. The fourth-order valence-corrected chi connectivity index (χ4v) is 2.04. The number of carbonyl (C=O) groups is 2. The highest BCUT2D eigenvalue weighted by Gasteiger charge is 2.11. The molecule has 0 aromatic heterocycles. The van der Waals surface area contributed by atoms with Crippen LogP contribution in [0.3, 0.4) is 0 Å². The van der Waals surface area contributed by atoms with Gasteiger partial charge in [-0.25, -0.2) is 0 Å². The summed E-state index contributed by atoms with van der Waals surface area (Å²) in [7, 11) is 0. The molecule has 0 saturated heterocycles. The van der Waals surface area contributed by atoms with E-state index in [0.29, 0.717) is 17.0 Å². The molecule has 0 radical (unpaired) electrons. The largest absolute Gasteiger partial charge is 0.433 e. The number of benzene rings is 2. The summed E-state index contributed by atoms with van der Waals surface area (Å²) >= 11 is 5.81. The number of carbonyl (C=O) groups excluding carboxylic acids is 2. The minimum absolute atomic E-state index is 0.0571. The van der Waals surface area contributed by atoms with E-state index in [1.807, 2.05) is 0 Å². The Hall–Kier alpha value is -2.67. The number of ether oxygens (including phenoxy) is 2. The number of esters is 1. The van der Waals surface area contributed by atoms with Gasteiger partial charge < -0.3 is 14.8 Å². The summed E-state index contributed by atoms with van der Waals surface area (Å²) in [6.45, 7) is -1.72. The van der Waals surface area contributed by atoms with Gasteiger partial charge in [0.05, 0.1) is 5.02 Å². The van der Waals surface area contributed by atoms with Crippen LogP contribution in [0.15, 0.2) is 42.5 Å². The lowest BCUT2D eigenvalue weighted by Crippen LogP contribution is -2.12. The molecule has 5 nitrogen and oxygen atoms in total. The number of anilines is 1. The van der Waals surface area contributed by atoms with Crippen molar-refractivity contribution >= 4 is 29.2 Å². The van der Waals surface area contributed by atoms with Crippen molar-refractivity contribution in [2.75, 3.05) is 5.32 Å².